The Labute approximate surface area is 171 Å². The van der Waals surface area contributed by atoms with E-state index in [4.69, 9.17) is 15.4 Å². The van der Waals surface area contributed by atoms with Gasteiger partial charge in [-0.25, -0.2) is 4.79 Å². The van der Waals surface area contributed by atoms with Gasteiger partial charge in [-0.3, -0.25) is 24.4 Å². The highest BCUT2D eigenvalue weighted by atomic mass is 32.2. The maximum absolute atomic E-state index is 11.1. The molecule has 0 spiro atoms. The molecule has 4 amide bonds. The maximum Gasteiger partial charge on any atom is 0.317 e. The van der Waals surface area contributed by atoms with Crippen LogP contribution in [0.1, 0.15) is 38.5 Å². The second-order valence-corrected chi connectivity index (χ2v) is 7.73. The minimum atomic E-state index is -0.968. The number of carbonyl (C=O) groups excluding carboxylic acids is 3. The number of nitrogens with zero attached hydrogens (tertiary/aromatic N) is 1. The van der Waals surface area contributed by atoms with Crippen molar-refractivity contribution in [2.24, 2.45) is 5.73 Å². The summed E-state index contributed by atoms with van der Waals surface area (Å²) in [6.45, 7) is -0.278. The van der Waals surface area contributed by atoms with Crippen molar-refractivity contribution in [2.75, 3.05) is 12.3 Å². The number of hydrogen-bond donors (Lipinski definition) is 6. The average molecular weight is 434 g/mol. The lowest BCUT2D eigenvalue weighted by Gasteiger charge is -2.16. The number of carboxylic acid groups (broad SMARTS) is 2. The monoisotopic (exact) mass is 434 g/mol. The summed E-state index contributed by atoms with van der Waals surface area (Å²) in [5.41, 5.74) is 4.57. The highest BCUT2D eigenvalue weighted by Gasteiger charge is 2.42. The third-order valence-electron chi connectivity index (χ3n) is 4.27. The van der Waals surface area contributed by atoms with Crippen LogP contribution in [0.3, 0.4) is 0 Å². The van der Waals surface area contributed by atoms with Crippen LogP contribution in [-0.2, 0) is 19.2 Å². The van der Waals surface area contributed by atoms with Gasteiger partial charge in [-0.1, -0.05) is 6.42 Å². The van der Waals surface area contributed by atoms with Crippen LogP contribution < -0.4 is 16.4 Å². The van der Waals surface area contributed by atoms with E-state index >= 15 is 0 Å². The standard InChI is InChI=1S/C10H16N2O3S.C4H5NO3.C2H5NO2/c13-8(14)4-2-1-3-7-9-6(5-16-7)11-10(15)12-9;6-3-1-2-4(7)5(3)8;3-1-2(4)5/h6-7,9H,1-5H2,(H,13,14)(H2,11,12,15);8H,1-2H2;1,3H2,(H,4,5)/t6-,7-,9-;;/m0../s1. The number of fused-ring (bicyclic) bond motifs is 1. The van der Waals surface area contributed by atoms with Gasteiger partial charge in [0, 0.05) is 30.3 Å². The van der Waals surface area contributed by atoms with E-state index in [1.165, 1.54) is 0 Å². The number of aliphatic carboxylic acids is 2. The van der Waals surface area contributed by atoms with Gasteiger partial charge in [0.25, 0.3) is 11.8 Å². The van der Waals surface area contributed by atoms with Crippen LogP contribution >= 0.6 is 11.8 Å². The zero-order valence-electron chi connectivity index (χ0n) is 15.7. The van der Waals surface area contributed by atoms with Gasteiger partial charge < -0.3 is 26.6 Å². The molecule has 3 atom stereocenters. The molecule has 0 aromatic rings. The molecule has 3 heterocycles. The molecule has 3 aliphatic rings. The molecule has 3 fully saturated rings. The Balaban J connectivity index is 0.000000269. The van der Waals surface area contributed by atoms with E-state index in [9.17, 15) is 24.0 Å². The summed E-state index contributed by atoms with van der Waals surface area (Å²) in [7, 11) is 0. The van der Waals surface area contributed by atoms with Crippen molar-refractivity contribution in [3.05, 3.63) is 0 Å². The number of hydroxylamine groups is 2. The molecule has 0 aromatic heterocycles. The lowest BCUT2D eigenvalue weighted by atomic mass is 10.0. The average Bonchev–Trinajstić information content (AvgIpc) is 3.30. The van der Waals surface area contributed by atoms with E-state index in [0.29, 0.717) is 5.25 Å². The first-order valence-corrected chi connectivity index (χ1v) is 10.1. The number of carbonyl (C=O) groups is 5. The topological polar surface area (TPSA) is 199 Å². The number of urea groups is 1. The molecule has 164 valence electrons. The molecule has 3 rings (SSSR count). The largest absolute Gasteiger partial charge is 0.481 e. The number of rotatable bonds is 6. The molecule has 3 saturated heterocycles. The SMILES string of the molecule is NCC(=O)O.O=C(O)CCCC[C@@H]1SC[C@@H]2NC(=O)N[C@@H]21.O=C1CCC(=O)N1O. The summed E-state index contributed by atoms with van der Waals surface area (Å²) < 4.78 is 0. The van der Waals surface area contributed by atoms with Crippen molar-refractivity contribution < 1.29 is 39.4 Å². The number of amides is 4. The third-order valence-corrected chi connectivity index (χ3v) is 5.78. The molecule has 13 heteroatoms. The van der Waals surface area contributed by atoms with Gasteiger partial charge in [0.2, 0.25) is 0 Å². The molecule has 3 aliphatic heterocycles. The molecule has 0 aliphatic carbocycles. The van der Waals surface area contributed by atoms with Crippen LogP contribution in [0.25, 0.3) is 0 Å². The van der Waals surface area contributed by atoms with Crippen molar-refractivity contribution in [3.63, 3.8) is 0 Å². The number of nitrogens with one attached hydrogen (secondary N) is 2. The Morgan fingerprint density at radius 2 is 1.66 bits per heavy atom. The summed E-state index contributed by atoms with van der Waals surface area (Å²) in [6, 6.07) is 0.440. The summed E-state index contributed by atoms with van der Waals surface area (Å²) in [5, 5.41) is 30.9. The molecule has 29 heavy (non-hydrogen) atoms. The number of imide groups is 1. The Morgan fingerprint density at radius 3 is 2.10 bits per heavy atom. The smallest absolute Gasteiger partial charge is 0.317 e. The molecule has 0 aromatic carbocycles. The summed E-state index contributed by atoms with van der Waals surface area (Å²) in [6.07, 6.45) is 3.18. The van der Waals surface area contributed by atoms with Crippen molar-refractivity contribution in [1.29, 1.82) is 0 Å². The number of carboxylic acids is 2. The maximum atomic E-state index is 11.1. The fourth-order valence-electron chi connectivity index (χ4n) is 2.83. The van der Waals surface area contributed by atoms with Crippen LogP contribution in [0.4, 0.5) is 4.79 Å². The molecule has 7 N–H and O–H groups in total. The van der Waals surface area contributed by atoms with E-state index in [-0.39, 0.29) is 49.0 Å². The highest BCUT2D eigenvalue weighted by Crippen LogP contribution is 2.33. The minimum Gasteiger partial charge on any atom is -0.481 e. The van der Waals surface area contributed by atoms with Crippen LogP contribution in [0, 0.1) is 0 Å². The molecule has 0 unspecified atom stereocenters. The van der Waals surface area contributed by atoms with Crippen LogP contribution in [0.2, 0.25) is 0 Å². The van der Waals surface area contributed by atoms with E-state index in [1.54, 1.807) is 0 Å². The first-order chi connectivity index (χ1) is 13.6. The van der Waals surface area contributed by atoms with Gasteiger partial charge in [0.05, 0.1) is 18.6 Å². The Bertz CT molecular complexity index is 616. The second-order valence-electron chi connectivity index (χ2n) is 6.46. The lowest BCUT2D eigenvalue weighted by Crippen LogP contribution is -2.36. The summed E-state index contributed by atoms with van der Waals surface area (Å²) in [5.74, 6) is -1.74. The third kappa shape index (κ3) is 8.66. The van der Waals surface area contributed by atoms with E-state index in [1.807, 2.05) is 11.8 Å². The quantitative estimate of drug-likeness (QED) is 0.135. The zero-order chi connectivity index (χ0) is 22.0. The number of unbranched alkanes of at least 4 members (excludes halogenated alkanes) is 1. The molecule has 0 radical (unpaired) electrons. The predicted molar refractivity (Wildman–Crippen MR) is 101 cm³/mol. The van der Waals surface area contributed by atoms with Gasteiger partial charge in [0.15, 0.2) is 0 Å². The van der Waals surface area contributed by atoms with Crippen LogP contribution in [0.5, 0.6) is 0 Å². The van der Waals surface area contributed by atoms with Gasteiger partial charge in [0.1, 0.15) is 0 Å². The van der Waals surface area contributed by atoms with Crippen molar-refractivity contribution in [3.8, 4) is 0 Å². The fourth-order valence-corrected chi connectivity index (χ4v) is 4.37. The molecular formula is C16H26N4O8S. The summed E-state index contributed by atoms with van der Waals surface area (Å²) >= 11 is 1.87. The molecular weight excluding hydrogens is 408 g/mol. The Kier molecular flexibility index (Phi) is 10.4. The molecule has 0 saturated carbocycles. The molecule has 0 bridgehead atoms. The number of thioether (sulfide) groups is 1. The predicted octanol–water partition coefficient (Wildman–Crippen LogP) is -0.649. The van der Waals surface area contributed by atoms with E-state index in [0.717, 1.165) is 25.0 Å². The summed E-state index contributed by atoms with van der Waals surface area (Å²) in [4.78, 5) is 51.2. The van der Waals surface area contributed by atoms with Gasteiger partial charge in [-0.15, -0.1) is 0 Å². The Morgan fingerprint density at radius 1 is 1.07 bits per heavy atom. The number of nitrogens with two attached hydrogens (primary N) is 1. The van der Waals surface area contributed by atoms with Crippen molar-refractivity contribution >= 4 is 41.5 Å². The van der Waals surface area contributed by atoms with Gasteiger partial charge >= 0.3 is 18.0 Å². The van der Waals surface area contributed by atoms with Crippen molar-refractivity contribution in [1.82, 2.24) is 15.7 Å². The van der Waals surface area contributed by atoms with E-state index in [2.05, 4.69) is 16.4 Å². The van der Waals surface area contributed by atoms with Crippen LogP contribution in [0.15, 0.2) is 0 Å². The lowest BCUT2D eigenvalue weighted by molar-refractivity contribution is -0.171. The van der Waals surface area contributed by atoms with Crippen LogP contribution in [-0.4, -0.2) is 79.9 Å². The highest BCUT2D eigenvalue weighted by molar-refractivity contribution is 8.00. The van der Waals surface area contributed by atoms with Crippen molar-refractivity contribution in [2.45, 2.75) is 55.9 Å². The minimum absolute atomic E-state index is 0.0640. The first-order valence-electron chi connectivity index (χ1n) is 9.02. The van der Waals surface area contributed by atoms with Gasteiger partial charge in [-0.2, -0.15) is 16.8 Å². The Hall–Kier alpha value is -2.38. The second kappa shape index (κ2) is 12.2. The normalized spacial score (nSPS) is 24.6. The zero-order valence-corrected chi connectivity index (χ0v) is 16.5. The number of hydrogen-bond acceptors (Lipinski definition) is 8. The fraction of sp³-hybridized carbons (Fsp3) is 0.688. The molecule has 12 nitrogen and oxygen atoms in total. The van der Waals surface area contributed by atoms with E-state index < -0.39 is 23.8 Å². The first kappa shape index (κ1) is 24.7. The van der Waals surface area contributed by atoms with Gasteiger partial charge in [-0.05, 0) is 12.8 Å².